The van der Waals surface area contributed by atoms with E-state index >= 15 is 0 Å². The van der Waals surface area contributed by atoms with Crippen molar-refractivity contribution >= 4 is 40.0 Å². The molecule has 27 heavy (non-hydrogen) atoms. The molecule has 1 aliphatic carbocycles. The third-order valence-electron chi connectivity index (χ3n) is 4.57. The molecule has 1 saturated carbocycles. The van der Waals surface area contributed by atoms with Gasteiger partial charge in [0.15, 0.2) is 0 Å². The topological polar surface area (TPSA) is 62.7 Å². The van der Waals surface area contributed by atoms with Gasteiger partial charge in [0.05, 0.1) is 11.4 Å². The molecule has 3 aromatic rings. The summed E-state index contributed by atoms with van der Waals surface area (Å²) >= 11 is 2.09. The van der Waals surface area contributed by atoms with E-state index in [-0.39, 0.29) is 5.82 Å². The second-order valence-electron chi connectivity index (χ2n) is 6.58. The van der Waals surface area contributed by atoms with Gasteiger partial charge in [0.25, 0.3) is 0 Å². The molecular formula is C20H19FIN5. The van der Waals surface area contributed by atoms with Gasteiger partial charge in [0.2, 0.25) is 5.95 Å². The Morgan fingerprint density at radius 1 is 1.07 bits per heavy atom. The highest BCUT2D eigenvalue weighted by Gasteiger charge is 2.17. The maximum absolute atomic E-state index is 14.3. The fourth-order valence-electron chi connectivity index (χ4n) is 3.22. The Kier molecular flexibility index (Phi) is 5.47. The van der Waals surface area contributed by atoms with Crippen LogP contribution >= 0.6 is 22.6 Å². The lowest BCUT2D eigenvalue weighted by Gasteiger charge is -2.15. The maximum Gasteiger partial charge on any atom is 0.225 e. The van der Waals surface area contributed by atoms with Crippen molar-refractivity contribution in [2.24, 2.45) is 0 Å². The molecule has 138 valence electrons. The molecule has 0 atom stereocenters. The van der Waals surface area contributed by atoms with E-state index in [9.17, 15) is 4.39 Å². The van der Waals surface area contributed by atoms with Gasteiger partial charge in [-0.2, -0.15) is 4.98 Å². The predicted molar refractivity (Wildman–Crippen MR) is 114 cm³/mol. The quantitative estimate of drug-likeness (QED) is 0.486. The fourth-order valence-corrected chi connectivity index (χ4v) is 3.67. The Morgan fingerprint density at radius 3 is 2.67 bits per heavy atom. The molecule has 2 aromatic heterocycles. The zero-order valence-corrected chi connectivity index (χ0v) is 16.8. The van der Waals surface area contributed by atoms with Crippen LogP contribution in [0.2, 0.25) is 0 Å². The molecule has 1 aliphatic rings. The van der Waals surface area contributed by atoms with Crippen LogP contribution in [0, 0.1) is 9.39 Å². The lowest BCUT2D eigenvalue weighted by Crippen LogP contribution is -2.17. The number of nitrogens with one attached hydrogen (secondary N) is 2. The molecular weight excluding hydrogens is 456 g/mol. The smallest absolute Gasteiger partial charge is 0.225 e. The monoisotopic (exact) mass is 475 g/mol. The number of rotatable bonds is 5. The van der Waals surface area contributed by atoms with Crippen molar-refractivity contribution < 1.29 is 4.39 Å². The second kappa shape index (κ2) is 8.16. The third-order valence-corrected chi connectivity index (χ3v) is 5.24. The van der Waals surface area contributed by atoms with E-state index < -0.39 is 0 Å². The van der Waals surface area contributed by atoms with Crippen LogP contribution in [0.1, 0.15) is 25.7 Å². The Labute approximate surface area is 171 Å². The zero-order valence-electron chi connectivity index (χ0n) is 14.6. The number of hydrogen-bond acceptors (Lipinski definition) is 5. The van der Waals surface area contributed by atoms with Crippen molar-refractivity contribution in [2.45, 2.75) is 31.7 Å². The van der Waals surface area contributed by atoms with E-state index in [1.807, 2.05) is 24.3 Å². The molecule has 7 heteroatoms. The number of benzene rings is 1. The van der Waals surface area contributed by atoms with Crippen LogP contribution in [-0.4, -0.2) is 21.0 Å². The first-order valence-corrected chi connectivity index (χ1v) is 10.0. The summed E-state index contributed by atoms with van der Waals surface area (Å²) in [6, 6.07) is 11.1. The summed E-state index contributed by atoms with van der Waals surface area (Å²) in [5.41, 5.74) is 2.02. The number of nitrogens with zero attached hydrogens (tertiary/aromatic N) is 3. The molecule has 0 spiro atoms. The van der Waals surface area contributed by atoms with Crippen molar-refractivity contribution in [1.82, 2.24) is 15.0 Å². The molecule has 0 amide bonds. The van der Waals surface area contributed by atoms with E-state index in [2.05, 4.69) is 48.2 Å². The SMILES string of the molecule is Fc1cc(I)ccc1Nc1cc(-c2cccnc2)nc(NC2CCCC2)n1. The van der Waals surface area contributed by atoms with Crippen LogP contribution in [0.25, 0.3) is 11.3 Å². The molecule has 1 fully saturated rings. The molecule has 5 nitrogen and oxygen atoms in total. The summed E-state index contributed by atoms with van der Waals surface area (Å²) in [4.78, 5) is 13.4. The highest BCUT2D eigenvalue weighted by atomic mass is 127. The number of aromatic nitrogens is 3. The van der Waals surface area contributed by atoms with Gasteiger partial charge in [0, 0.05) is 33.6 Å². The molecule has 4 rings (SSSR count). The fraction of sp³-hybridized carbons (Fsp3) is 0.250. The van der Waals surface area contributed by atoms with Crippen LogP contribution in [0.3, 0.4) is 0 Å². The van der Waals surface area contributed by atoms with Crippen LogP contribution < -0.4 is 10.6 Å². The molecule has 2 N–H and O–H groups in total. The van der Waals surface area contributed by atoms with E-state index in [0.717, 1.165) is 27.7 Å². The maximum atomic E-state index is 14.3. The number of halogens is 2. The highest BCUT2D eigenvalue weighted by Crippen LogP contribution is 2.27. The third kappa shape index (κ3) is 4.52. The summed E-state index contributed by atoms with van der Waals surface area (Å²) in [6.07, 6.45) is 8.17. The van der Waals surface area contributed by atoms with Crippen molar-refractivity contribution in [2.75, 3.05) is 10.6 Å². The lowest BCUT2D eigenvalue weighted by atomic mass is 10.2. The first-order chi connectivity index (χ1) is 13.2. The molecule has 0 aliphatic heterocycles. The summed E-state index contributed by atoms with van der Waals surface area (Å²) in [7, 11) is 0. The van der Waals surface area contributed by atoms with E-state index in [1.54, 1.807) is 18.5 Å². The highest BCUT2D eigenvalue weighted by molar-refractivity contribution is 14.1. The average Bonchev–Trinajstić information content (AvgIpc) is 3.18. The van der Waals surface area contributed by atoms with Gasteiger partial charge in [-0.1, -0.05) is 12.8 Å². The van der Waals surface area contributed by atoms with Gasteiger partial charge >= 0.3 is 0 Å². The van der Waals surface area contributed by atoms with Gasteiger partial charge in [-0.05, 0) is 65.8 Å². The van der Waals surface area contributed by atoms with Crippen molar-refractivity contribution in [3.63, 3.8) is 0 Å². The Bertz CT molecular complexity index is 929. The van der Waals surface area contributed by atoms with E-state index in [0.29, 0.717) is 23.5 Å². The van der Waals surface area contributed by atoms with Gasteiger partial charge in [-0.25, -0.2) is 9.37 Å². The number of pyridine rings is 1. The Morgan fingerprint density at radius 2 is 1.93 bits per heavy atom. The average molecular weight is 475 g/mol. The van der Waals surface area contributed by atoms with E-state index in [1.165, 1.54) is 18.9 Å². The van der Waals surface area contributed by atoms with Crippen LogP contribution in [0.15, 0.2) is 48.8 Å². The Hall–Kier alpha value is -2.29. The van der Waals surface area contributed by atoms with E-state index in [4.69, 9.17) is 0 Å². The summed E-state index contributed by atoms with van der Waals surface area (Å²) in [5, 5.41) is 6.51. The van der Waals surface area contributed by atoms with Crippen molar-refractivity contribution in [3.05, 3.63) is 58.2 Å². The minimum atomic E-state index is -0.311. The predicted octanol–water partition coefficient (Wildman–Crippen LogP) is 5.38. The molecule has 2 heterocycles. The minimum Gasteiger partial charge on any atom is -0.351 e. The summed E-state index contributed by atoms with van der Waals surface area (Å²) < 4.78 is 15.1. The van der Waals surface area contributed by atoms with Gasteiger partial charge in [-0.15, -0.1) is 0 Å². The molecule has 0 unspecified atom stereocenters. The van der Waals surface area contributed by atoms with Crippen molar-refractivity contribution in [3.8, 4) is 11.3 Å². The molecule has 0 saturated heterocycles. The normalized spacial score (nSPS) is 14.3. The van der Waals surface area contributed by atoms with Gasteiger partial charge in [0.1, 0.15) is 11.6 Å². The first kappa shape index (κ1) is 18.1. The summed E-state index contributed by atoms with van der Waals surface area (Å²) in [5.74, 6) is 0.787. The largest absolute Gasteiger partial charge is 0.351 e. The van der Waals surface area contributed by atoms with Crippen molar-refractivity contribution in [1.29, 1.82) is 0 Å². The molecule has 0 radical (unpaired) electrons. The first-order valence-electron chi connectivity index (χ1n) is 8.95. The van der Waals surface area contributed by atoms with Crippen LogP contribution in [-0.2, 0) is 0 Å². The summed E-state index contributed by atoms with van der Waals surface area (Å²) in [6.45, 7) is 0. The van der Waals surface area contributed by atoms with Gasteiger partial charge < -0.3 is 10.6 Å². The Balaban J connectivity index is 1.68. The minimum absolute atomic E-state index is 0.311. The second-order valence-corrected chi connectivity index (χ2v) is 7.82. The molecule has 0 bridgehead atoms. The molecule has 1 aromatic carbocycles. The standard InChI is InChI=1S/C20H19FIN5/c21-16-10-14(22)7-8-17(16)25-19-11-18(13-4-3-9-23-12-13)26-20(27-19)24-15-5-1-2-6-15/h3-4,7-12,15H,1-2,5-6H2,(H2,24,25,26,27). The number of hydrogen-bond donors (Lipinski definition) is 2. The lowest BCUT2D eigenvalue weighted by molar-refractivity contribution is 0.631. The van der Waals surface area contributed by atoms with Crippen LogP contribution in [0.4, 0.5) is 21.8 Å². The number of anilines is 3. The zero-order chi connectivity index (χ0) is 18.6. The van der Waals surface area contributed by atoms with Crippen LogP contribution in [0.5, 0.6) is 0 Å². The van der Waals surface area contributed by atoms with Gasteiger partial charge in [-0.3, -0.25) is 4.98 Å².